The molecule has 0 bridgehead atoms. The molecule has 1 aromatic rings. The number of allylic oxidation sites excluding steroid dienone is 1. The summed E-state index contributed by atoms with van der Waals surface area (Å²) in [5.41, 5.74) is 6.03. The fourth-order valence-corrected chi connectivity index (χ4v) is 1.55. The highest BCUT2D eigenvalue weighted by atomic mass is 16.6. The monoisotopic (exact) mass is 219 g/mol. The molecule has 3 heteroatoms. The lowest BCUT2D eigenvalue weighted by Crippen LogP contribution is -2.17. The van der Waals surface area contributed by atoms with E-state index in [0.717, 1.165) is 24.8 Å². The molecule has 0 aliphatic carbocycles. The van der Waals surface area contributed by atoms with Crippen LogP contribution in [0.5, 0.6) is 0 Å². The second-order valence-electron chi connectivity index (χ2n) is 3.56. The predicted molar refractivity (Wildman–Crippen MR) is 63.9 cm³/mol. The fraction of sp³-hybridized carbons (Fsp3) is 0.308. The molecule has 0 saturated carbocycles. The summed E-state index contributed by atoms with van der Waals surface area (Å²) in [6, 6.07) is 9.62. The van der Waals surface area contributed by atoms with Gasteiger partial charge in [-0.15, -0.1) is 6.58 Å². The molecule has 0 fully saturated rings. The number of benzene rings is 1. The lowest BCUT2D eigenvalue weighted by atomic mass is 10.0. The zero-order valence-electron chi connectivity index (χ0n) is 9.26. The molecule has 1 unspecified atom stereocenters. The minimum atomic E-state index is -0.729. The summed E-state index contributed by atoms with van der Waals surface area (Å²) >= 11 is 0. The molecule has 0 spiro atoms. The molecule has 1 atom stereocenters. The lowest BCUT2D eigenvalue weighted by Gasteiger charge is -2.16. The van der Waals surface area contributed by atoms with Crippen molar-refractivity contribution >= 4 is 6.09 Å². The first-order valence-corrected chi connectivity index (χ1v) is 5.36. The number of rotatable bonds is 6. The first kappa shape index (κ1) is 12.3. The van der Waals surface area contributed by atoms with E-state index in [4.69, 9.17) is 10.5 Å². The Morgan fingerprint density at radius 1 is 1.44 bits per heavy atom. The van der Waals surface area contributed by atoms with Gasteiger partial charge in [0.05, 0.1) is 0 Å². The molecular weight excluding hydrogens is 202 g/mol. The molecular formula is C13H17NO2. The third kappa shape index (κ3) is 4.17. The van der Waals surface area contributed by atoms with Crippen LogP contribution in [0.3, 0.4) is 0 Å². The van der Waals surface area contributed by atoms with Gasteiger partial charge in [0, 0.05) is 0 Å². The Bertz CT molecular complexity index is 335. The Kier molecular flexibility index (Phi) is 5.12. The van der Waals surface area contributed by atoms with E-state index in [1.165, 1.54) is 0 Å². The molecule has 16 heavy (non-hydrogen) atoms. The number of carbonyl (C=O) groups excluding carboxylic acids is 1. The second kappa shape index (κ2) is 6.67. The summed E-state index contributed by atoms with van der Waals surface area (Å²) < 4.78 is 5.09. The van der Waals surface area contributed by atoms with Crippen molar-refractivity contribution in [2.24, 2.45) is 5.73 Å². The lowest BCUT2D eigenvalue weighted by molar-refractivity contribution is 0.100. The molecule has 3 nitrogen and oxygen atoms in total. The van der Waals surface area contributed by atoms with Gasteiger partial charge in [-0.2, -0.15) is 0 Å². The number of unbranched alkanes of at least 4 members (excludes halogenated alkanes) is 1. The van der Waals surface area contributed by atoms with E-state index in [-0.39, 0.29) is 6.10 Å². The van der Waals surface area contributed by atoms with Gasteiger partial charge in [-0.25, -0.2) is 4.79 Å². The number of amides is 1. The molecule has 86 valence electrons. The van der Waals surface area contributed by atoms with Gasteiger partial charge in [0.15, 0.2) is 0 Å². The highest BCUT2D eigenvalue weighted by Crippen LogP contribution is 2.23. The zero-order chi connectivity index (χ0) is 11.8. The molecule has 0 radical (unpaired) electrons. The summed E-state index contributed by atoms with van der Waals surface area (Å²) in [7, 11) is 0. The van der Waals surface area contributed by atoms with Gasteiger partial charge in [-0.3, -0.25) is 0 Å². The van der Waals surface area contributed by atoms with E-state index < -0.39 is 6.09 Å². The van der Waals surface area contributed by atoms with E-state index in [2.05, 4.69) is 6.58 Å². The molecule has 0 saturated heterocycles. The van der Waals surface area contributed by atoms with Crippen LogP contribution in [0.2, 0.25) is 0 Å². The molecule has 0 aromatic heterocycles. The molecule has 0 heterocycles. The maximum absolute atomic E-state index is 10.8. The third-order valence-corrected chi connectivity index (χ3v) is 2.30. The zero-order valence-corrected chi connectivity index (χ0v) is 9.26. The van der Waals surface area contributed by atoms with Crippen molar-refractivity contribution in [2.45, 2.75) is 25.4 Å². The minimum Gasteiger partial charge on any atom is -0.442 e. The molecule has 1 amide bonds. The summed E-state index contributed by atoms with van der Waals surface area (Å²) in [6.07, 6.45) is 3.47. The van der Waals surface area contributed by atoms with Gasteiger partial charge in [0.25, 0.3) is 0 Å². The quantitative estimate of drug-likeness (QED) is 0.590. The first-order valence-electron chi connectivity index (χ1n) is 5.36. The number of hydrogen-bond acceptors (Lipinski definition) is 2. The molecule has 0 aliphatic heterocycles. The second-order valence-corrected chi connectivity index (χ2v) is 3.56. The Hall–Kier alpha value is -1.77. The van der Waals surface area contributed by atoms with Crippen LogP contribution < -0.4 is 5.73 Å². The Morgan fingerprint density at radius 3 is 2.69 bits per heavy atom. The first-order chi connectivity index (χ1) is 7.74. The van der Waals surface area contributed by atoms with Gasteiger partial charge in [0.1, 0.15) is 6.10 Å². The number of ether oxygens (including phenoxy) is 1. The van der Waals surface area contributed by atoms with Crippen LogP contribution in [0.15, 0.2) is 43.0 Å². The maximum Gasteiger partial charge on any atom is 0.405 e. The van der Waals surface area contributed by atoms with Crippen LogP contribution in [-0.2, 0) is 4.74 Å². The number of nitrogens with two attached hydrogens (primary N) is 1. The van der Waals surface area contributed by atoms with E-state index >= 15 is 0 Å². The van der Waals surface area contributed by atoms with E-state index in [0.29, 0.717) is 0 Å². The van der Waals surface area contributed by atoms with Crippen LogP contribution in [0.25, 0.3) is 0 Å². The maximum atomic E-state index is 10.8. The van der Waals surface area contributed by atoms with Crippen LogP contribution >= 0.6 is 0 Å². The molecule has 1 rings (SSSR count). The van der Waals surface area contributed by atoms with Gasteiger partial charge in [-0.05, 0) is 24.8 Å². The summed E-state index contributed by atoms with van der Waals surface area (Å²) in [4.78, 5) is 10.8. The fourth-order valence-electron chi connectivity index (χ4n) is 1.55. The largest absolute Gasteiger partial charge is 0.442 e. The van der Waals surface area contributed by atoms with Gasteiger partial charge < -0.3 is 10.5 Å². The number of carbonyl (C=O) groups is 1. The topological polar surface area (TPSA) is 52.3 Å². The summed E-state index contributed by atoms with van der Waals surface area (Å²) in [6.45, 7) is 3.66. The number of primary amides is 1. The van der Waals surface area contributed by atoms with Gasteiger partial charge in [-0.1, -0.05) is 36.4 Å². The Labute approximate surface area is 95.9 Å². The standard InChI is InChI=1S/C13H17NO2/c1-2-3-5-10-12(16-13(14)15)11-8-6-4-7-9-11/h2,4,6-9,12H,1,3,5,10H2,(H2,14,15). The van der Waals surface area contributed by atoms with Crippen molar-refractivity contribution in [1.29, 1.82) is 0 Å². The minimum absolute atomic E-state index is 0.251. The van der Waals surface area contributed by atoms with Crippen LogP contribution in [0.4, 0.5) is 4.79 Å². The van der Waals surface area contributed by atoms with Gasteiger partial charge >= 0.3 is 6.09 Å². The average molecular weight is 219 g/mol. The van der Waals surface area contributed by atoms with Crippen molar-refractivity contribution in [3.63, 3.8) is 0 Å². The van der Waals surface area contributed by atoms with Gasteiger partial charge in [0.2, 0.25) is 0 Å². The SMILES string of the molecule is C=CCCCC(OC(N)=O)c1ccccc1. The van der Waals surface area contributed by atoms with Crippen molar-refractivity contribution in [2.75, 3.05) is 0 Å². The van der Waals surface area contributed by atoms with Crippen LogP contribution in [-0.4, -0.2) is 6.09 Å². The van der Waals surface area contributed by atoms with Crippen molar-refractivity contribution in [3.8, 4) is 0 Å². The summed E-state index contributed by atoms with van der Waals surface area (Å²) in [5.74, 6) is 0. The van der Waals surface area contributed by atoms with Crippen LogP contribution in [0.1, 0.15) is 30.9 Å². The van der Waals surface area contributed by atoms with E-state index in [1.54, 1.807) is 0 Å². The van der Waals surface area contributed by atoms with Crippen molar-refractivity contribution in [3.05, 3.63) is 48.6 Å². The smallest absolute Gasteiger partial charge is 0.405 e. The Balaban J connectivity index is 2.63. The summed E-state index contributed by atoms with van der Waals surface area (Å²) in [5, 5.41) is 0. The van der Waals surface area contributed by atoms with E-state index in [9.17, 15) is 4.79 Å². The normalized spacial score (nSPS) is 11.8. The third-order valence-electron chi connectivity index (χ3n) is 2.30. The van der Waals surface area contributed by atoms with Crippen molar-refractivity contribution < 1.29 is 9.53 Å². The average Bonchev–Trinajstić information content (AvgIpc) is 2.29. The van der Waals surface area contributed by atoms with Crippen molar-refractivity contribution in [1.82, 2.24) is 0 Å². The van der Waals surface area contributed by atoms with E-state index in [1.807, 2.05) is 36.4 Å². The van der Waals surface area contributed by atoms with Crippen LogP contribution in [0, 0.1) is 0 Å². The highest BCUT2D eigenvalue weighted by Gasteiger charge is 2.13. The highest BCUT2D eigenvalue weighted by molar-refractivity contribution is 5.65. The molecule has 0 aliphatic rings. The predicted octanol–water partition coefficient (Wildman–Crippen LogP) is 3.18. The molecule has 1 aromatic carbocycles. The Morgan fingerprint density at radius 2 is 2.12 bits per heavy atom. The molecule has 2 N–H and O–H groups in total. The number of hydrogen-bond donors (Lipinski definition) is 1.